The quantitative estimate of drug-likeness (QED) is 0.590. The van der Waals surface area contributed by atoms with Crippen LogP contribution in [-0.4, -0.2) is 54.4 Å². The second-order valence-electron chi connectivity index (χ2n) is 7.86. The van der Waals surface area contributed by atoms with Gasteiger partial charge in [0.1, 0.15) is 0 Å². The predicted octanol–water partition coefficient (Wildman–Crippen LogP) is 3.24. The van der Waals surface area contributed by atoms with Crippen LogP contribution in [0.4, 0.5) is 0 Å². The van der Waals surface area contributed by atoms with Gasteiger partial charge in [0.15, 0.2) is 11.5 Å². The van der Waals surface area contributed by atoms with E-state index in [0.717, 1.165) is 55.4 Å². The Labute approximate surface area is 188 Å². The number of nitrogens with one attached hydrogen (secondary N) is 1. The fraction of sp³-hybridized carbons (Fsp3) is 0.360. The summed E-state index contributed by atoms with van der Waals surface area (Å²) in [4.78, 5) is 15.2. The predicted molar refractivity (Wildman–Crippen MR) is 124 cm³/mol. The van der Waals surface area contributed by atoms with Crippen molar-refractivity contribution in [3.63, 3.8) is 0 Å². The number of benzene rings is 2. The molecule has 0 spiro atoms. The number of carbonyl (C=O) groups excluding carboxylic acids is 1. The van der Waals surface area contributed by atoms with Crippen LogP contribution in [-0.2, 0) is 19.4 Å². The zero-order chi connectivity index (χ0) is 22.5. The lowest BCUT2D eigenvalue weighted by atomic mass is 9.99. The summed E-state index contributed by atoms with van der Waals surface area (Å²) in [6.45, 7) is 5.19. The molecule has 0 saturated carbocycles. The molecule has 1 aliphatic rings. The Morgan fingerprint density at radius 3 is 2.50 bits per heavy atom. The summed E-state index contributed by atoms with van der Waals surface area (Å²) in [7, 11) is 3.32. The zero-order valence-electron chi connectivity index (χ0n) is 18.9. The van der Waals surface area contributed by atoms with Crippen molar-refractivity contribution in [1.82, 2.24) is 20.0 Å². The maximum Gasteiger partial charge on any atom is 0.254 e. The van der Waals surface area contributed by atoms with Crippen molar-refractivity contribution >= 4 is 5.91 Å². The van der Waals surface area contributed by atoms with E-state index in [1.807, 2.05) is 41.9 Å². The number of carbonyl (C=O) groups is 1. The number of amides is 1. The summed E-state index contributed by atoms with van der Waals surface area (Å²) < 4.78 is 12.7. The third kappa shape index (κ3) is 4.48. The lowest BCUT2D eigenvalue weighted by molar-refractivity contribution is 0.0946. The van der Waals surface area contributed by atoms with Crippen LogP contribution in [0, 0.1) is 0 Å². The number of rotatable bonds is 8. The molecule has 168 valence electrons. The van der Waals surface area contributed by atoms with Gasteiger partial charge in [-0.3, -0.25) is 9.69 Å². The number of fused-ring (bicyclic) bond motifs is 1. The van der Waals surface area contributed by atoms with Crippen molar-refractivity contribution in [2.45, 2.75) is 26.3 Å². The van der Waals surface area contributed by atoms with Gasteiger partial charge in [-0.1, -0.05) is 25.1 Å². The van der Waals surface area contributed by atoms with Gasteiger partial charge in [-0.25, -0.2) is 4.68 Å². The van der Waals surface area contributed by atoms with Crippen molar-refractivity contribution in [1.29, 1.82) is 0 Å². The SMILES string of the molecule is CCc1c(C(=O)NCCN2CCc3cc(OC)c(OC)cc3C2)cnn1-c1ccccc1. The van der Waals surface area contributed by atoms with Crippen LogP contribution in [0.1, 0.15) is 34.1 Å². The Morgan fingerprint density at radius 2 is 1.81 bits per heavy atom. The van der Waals surface area contributed by atoms with Gasteiger partial charge in [0.2, 0.25) is 0 Å². The van der Waals surface area contributed by atoms with E-state index in [1.165, 1.54) is 11.1 Å². The highest BCUT2D eigenvalue weighted by Gasteiger charge is 2.20. The minimum absolute atomic E-state index is 0.0761. The first-order valence-corrected chi connectivity index (χ1v) is 11.0. The molecule has 0 saturated heterocycles. The molecule has 3 aromatic rings. The largest absolute Gasteiger partial charge is 0.493 e. The third-order valence-corrected chi connectivity index (χ3v) is 5.96. The first-order chi connectivity index (χ1) is 15.6. The summed E-state index contributed by atoms with van der Waals surface area (Å²) >= 11 is 0. The first kappa shape index (κ1) is 21.9. The molecule has 32 heavy (non-hydrogen) atoms. The van der Waals surface area contributed by atoms with Crippen molar-refractivity contribution in [2.75, 3.05) is 33.9 Å². The number of hydrogen-bond acceptors (Lipinski definition) is 5. The van der Waals surface area contributed by atoms with Crippen molar-refractivity contribution < 1.29 is 14.3 Å². The number of methoxy groups -OCH3 is 2. The van der Waals surface area contributed by atoms with E-state index >= 15 is 0 Å². The highest BCUT2D eigenvalue weighted by molar-refractivity contribution is 5.95. The molecular weight excluding hydrogens is 404 g/mol. The van der Waals surface area contributed by atoms with E-state index in [0.29, 0.717) is 12.1 Å². The molecule has 1 aromatic heterocycles. The van der Waals surface area contributed by atoms with Gasteiger partial charge in [0, 0.05) is 26.2 Å². The number of hydrogen-bond donors (Lipinski definition) is 1. The Bertz CT molecular complexity index is 1080. The first-order valence-electron chi connectivity index (χ1n) is 11.0. The molecule has 2 aromatic carbocycles. The Balaban J connectivity index is 1.37. The van der Waals surface area contributed by atoms with E-state index in [9.17, 15) is 4.79 Å². The molecule has 0 bridgehead atoms. The third-order valence-electron chi connectivity index (χ3n) is 5.96. The van der Waals surface area contributed by atoms with Gasteiger partial charge in [-0.2, -0.15) is 5.10 Å². The van der Waals surface area contributed by atoms with Gasteiger partial charge in [0.05, 0.1) is 37.4 Å². The average Bonchev–Trinajstić information content (AvgIpc) is 3.28. The molecule has 1 N–H and O–H groups in total. The van der Waals surface area contributed by atoms with Crippen LogP contribution in [0.5, 0.6) is 11.5 Å². The Morgan fingerprint density at radius 1 is 1.09 bits per heavy atom. The van der Waals surface area contributed by atoms with Crippen LogP contribution >= 0.6 is 0 Å². The molecule has 2 heterocycles. The summed E-state index contributed by atoms with van der Waals surface area (Å²) in [5.74, 6) is 1.45. The zero-order valence-corrected chi connectivity index (χ0v) is 18.9. The van der Waals surface area contributed by atoms with Crippen LogP contribution < -0.4 is 14.8 Å². The second-order valence-corrected chi connectivity index (χ2v) is 7.86. The highest BCUT2D eigenvalue weighted by Crippen LogP contribution is 2.33. The molecular formula is C25H30N4O3. The normalized spacial score (nSPS) is 13.5. The number of aromatic nitrogens is 2. The van der Waals surface area contributed by atoms with E-state index in [-0.39, 0.29) is 5.91 Å². The number of nitrogens with zero attached hydrogens (tertiary/aromatic N) is 3. The monoisotopic (exact) mass is 434 g/mol. The lowest BCUT2D eigenvalue weighted by Gasteiger charge is -2.29. The van der Waals surface area contributed by atoms with Crippen LogP contribution in [0.3, 0.4) is 0 Å². The Kier molecular flexibility index (Phi) is 6.75. The van der Waals surface area contributed by atoms with Crippen molar-refractivity contribution in [3.8, 4) is 17.2 Å². The molecule has 7 heteroatoms. The van der Waals surface area contributed by atoms with Crippen molar-refractivity contribution in [3.05, 3.63) is 71.0 Å². The molecule has 0 aliphatic carbocycles. The topological polar surface area (TPSA) is 68.6 Å². The summed E-state index contributed by atoms with van der Waals surface area (Å²) in [6, 6.07) is 14.0. The molecule has 1 amide bonds. The van der Waals surface area contributed by atoms with Gasteiger partial charge in [-0.05, 0) is 48.2 Å². The van der Waals surface area contributed by atoms with Gasteiger partial charge in [-0.15, -0.1) is 0 Å². The maximum absolute atomic E-state index is 12.8. The minimum atomic E-state index is -0.0761. The van der Waals surface area contributed by atoms with Gasteiger partial charge >= 0.3 is 0 Å². The fourth-order valence-corrected chi connectivity index (χ4v) is 4.25. The summed E-state index contributed by atoms with van der Waals surface area (Å²) in [5.41, 5.74) is 5.06. The number of ether oxygens (including phenoxy) is 2. The molecule has 0 unspecified atom stereocenters. The van der Waals surface area contributed by atoms with E-state index in [2.05, 4.69) is 27.4 Å². The standard InChI is InChI=1S/C25H30N4O3/c1-4-22-21(16-27-29(22)20-8-6-5-7-9-20)25(30)26-11-13-28-12-10-18-14-23(31-2)24(32-3)15-19(18)17-28/h5-9,14-16H,4,10-13,17H2,1-3H3,(H,26,30). The molecule has 1 aliphatic heterocycles. The maximum atomic E-state index is 12.8. The Hall–Kier alpha value is -3.32. The molecule has 7 nitrogen and oxygen atoms in total. The molecule has 0 atom stereocenters. The highest BCUT2D eigenvalue weighted by atomic mass is 16.5. The summed E-state index contributed by atoms with van der Waals surface area (Å²) in [6.07, 6.45) is 3.34. The van der Waals surface area contributed by atoms with Crippen LogP contribution in [0.2, 0.25) is 0 Å². The van der Waals surface area contributed by atoms with Crippen molar-refractivity contribution in [2.24, 2.45) is 0 Å². The average molecular weight is 435 g/mol. The second kappa shape index (κ2) is 9.87. The molecule has 4 rings (SSSR count). The minimum Gasteiger partial charge on any atom is -0.493 e. The molecule has 0 fully saturated rings. The van der Waals surface area contributed by atoms with E-state index < -0.39 is 0 Å². The van der Waals surface area contributed by atoms with Crippen LogP contribution in [0.15, 0.2) is 48.7 Å². The van der Waals surface area contributed by atoms with Crippen LogP contribution in [0.25, 0.3) is 5.69 Å². The lowest BCUT2D eigenvalue weighted by Crippen LogP contribution is -2.38. The smallest absolute Gasteiger partial charge is 0.254 e. The summed E-state index contributed by atoms with van der Waals surface area (Å²) in [5, 5.41) is 7.53. The van der Waals surface area contributed by atoms with Gasteiger partial charge in [0.25, 0.3) is 5.91 Å². The fourth-order valence-electron chi connectivity index (χ4n) is 4.25. The van der Waals surface area contributed by atoms with E-state index in [1.54, 1.807) is 20.4 Å². The number of para-hydroxylation sites is 1. The van der Waals surface area contributed by atoms with E-state index in [4.69, 9.17) is 9.47 Å². The van der Waals surface area contributed by atoms with Gasteiger partial charge < -0.3 is 14.8 Å². The molecule has 0 radical (unpaired) electrons.